The van der Waals surface area contributed by atoms with E-state index in [0.717, 1.165) is 19.6 Å². The van der Waals surface area contributed by atoms with Gasteiger partial charge in [0.15, 0.2) is 0 Å². The Hall–Kier alpha value is -0.650. The number of unbranched alkanes of at least 4 members (excludes halogenated alkanes) is 3. The molecule has 0 saturated carbocycles. The second-order valence-corrected chi connectivity index (χ2v) is 4.48. The van der Waals surface area contributed by atoms with Crippen LogP contribution in [0, 0.1) is 0 Å². The number of carbonyl (C=O) groups is 1. The number of nitrogens with one attached hydrogen (secondary N) is 3. The predicted molar refractivity (Wildman–Crippen MR) is 74.8 cm³/mol. The highest BCUT2D eigenvalue weighted by molar-refractivity contribution is 5.66. The van der Waals surface area contributed by atoms with E-state index in [2.05, 4.69) is 22.9 Å². The first kappa shape index (κ1) is 17.4. The van der Waals surface area contributed by atoms with E-state index in [4.69, 9.17) is 5.11 Å². The minimum Gasteiger partial charge on any atom is -0.481 e. The van der Waals surface area contributed by atoms with Crippen LogP contribution in [0.2, 0.25) is 0 Å². The predicted octanol–water partition coefficient (Wildman–Crippen LogP) is 1.16. The molecular formula is C13H29N3O2. The van der Waals surface area contributed by atoms with Gasteiger partial charge in [-0.1, -0.05) is 19.8 Å². The number of carboxylic acids is 1. The van der Waals surface area contributed by atoms with Crippen molar-refractivity contribution in [3.63, 3.8) is 0 Å². The van der Waals surface area contributed by atoms with Crippen LogP contribution in [-0.2, 0) is 4.79 Å². The van der Waals surface area contributed by atoms with Crippen molar-refractivity contribution in [3.05, 3.63) is 0 Å². The summed E-state index contributed by atoms with van der Waals surface area (Å²) in [5.41, 5.74) is 0. The summed E-state index contributed by atoms with van der Waals surface area (Å²) in [5.74, 6) is -0.752. The lowest BCUT2D eigenvalue weighted by Crippen LogP contribution is -2.31. The van der Waals surface area contributed by atoms with Crippen LogP contribution in [0.5, 0.6) is 0 Å². The Morgan fingerprint density at radius 2 is 1.50 bits per heavy atom. The molecule has 0 fully saturated rings. The van der Waals surface area contributed by atoms with E-state index in [1.807, 2.05) is 0 Å². The molecule has 108 valence electrons. The van der Waals surface area contributed by atoms with E-state index in [1.165, 1.54) is 32.1 Å². The number of hydrogen-bond donors (Lipinski definition) is 4. The van der Waals surface area contributed by atoms with Crippen molar-refractivity contribution in [3.8, 4) is 0 Å². The molecule has 0 rings (SSSR count). The Bertz CT molecular complexity index is 189. The number of aliphatic carboxylic acids is 1. The largest absolute Gasteiger partial charge is 0.481 e. The van der Waals surface area contributed by atoms with Gasteiger partial charge >= 0.3 is 5.97 Å². The van der Waals surface area contributed by atoms with Crippen molar-refractivity contribution >= 4 is 5.97 Å². The molecule has 0 heterocycles. The molecule has 0 saturated heterocycles. The fourth-order valence-electron chi connectivity index (χ4n) is 1.56. The highest BCUT2D eigenvalue weighted by atomic mass is 16.4. The molecule has 0 bridgehead atoms. The van der Waals surface area contributed by atoms with Gasteiger partial charge in [-0.3, -0.25) is 4.79 Å². The summed E-state index contributed by atoms with van der Waals surface area (Å²) < 4.78 is 0. The van der Waals surface area contributed by atoms with E-state index in [0.29, 0.717) is 13.2 Å². The summed E-state index contributed by atoms with van der Waals surface area (Å²) in [4.78, 5) is 10.2. The van der Waals surface area contributed by atoms with E-state index >= 15 is 0 Å². The van der Waals surface area contributed by atoms with Crippen LogP contribution in [0.15, 0.2) is 0 Å². The molecule has 0 aliphatic rings. The van der Waals surface area contributed by atoms with Crippen LogP contribution in [0.1, 0.15) is 45.4 Å². The maximum absolute atomic E-state index is 10.2. The molecule has 0 unspecified atom stereocenters. The van der Waals surface area contributed by atoms with Gasteiger partial charge in [0.2, 0.25) is 0 Å². The number of rotatable bonds is 14. The summed E-state index contributed by atoms with van der Waals surface area (Å²) in [6.07, 6.45) is 6.36. The molecule has 0 aromatic carbocycles. The normalized spacial score (nSPS) is 10.7. The van der Waals surface area contributed by atoms with Gasteiger partial charge in [-0.05, 0) is 38.9 Å². The summed E-state index contributed by atoms with van der Waals surface area (Å²) in [7, 11) is 0. The molecule has 0 aliphatic carbocycles. The van der Waals surface area contributed by atoms with Crippen molar-refractivity contribution in [1.82, 2.24) is 16.0 Å². The first-order chi connectivity index (χ1) is 8.77. The van der Waals surface area contributed by atoms with Crippen LogP contribution >= 0.6 is 0 Å². The Morgan fingerprint density at radius 3 is 2.17 bits per heavy atom. The molecule has 5 nitrogen and oxygen atoms in total. The van der Waals surface area contributed by atoms with Crippen LogP contribution in [0.4, 0.5) is 0 Å². The van der Waals surface area contributed by atoms with Gasteiger partial charge in [-0.2, -0.15) is 0 Å². The van der Waals surface area contributed by atoms with Gasteiger partial charge in [0.1, 0.15) is 0 Å². The zero-order valence-electron chi connectivity index (χ0n) is 11.6. The van der Waals surface area contributed by atoms with Crippen molar-refractivity contribution in [2.24, 2.45) is 0 Å². The standard InChI is InChI=1S/C13H29N3O2/c1-2-3-8-14-9-5-4-6-10-15-12-16-11-7-13(17)18/h14-16H,2-12H2,1H3,(H,17,18). The summed E-state index contributed by atoms with van der Waals surface area (Å²) in [6.45, 7) is 6.69. The molecule has 4 N–H and O–H groups in total. The highest BCUT2D eigenvalue weighted by Gasteiger charge is 1.94. The van der Waals surface area contributed by atoms with Crippen LogP contribution < -0.4 is 16.0 Å². The van der Waals surface area contributed by atoms with Gasteiger partial charge in [-0.15, -0.1) is 0 Å². The van der Waals surface area contributed by atoms with Gasteiger partial charge in [0.05, 0.1) is 6.42 Å². The van der Waals surface area contributed by atoms with E-state index in [9.17, 15) is 4.79 Å². The van der Waals surface area contributed by atoms with Crippen molar-refractivity contribution in [2.45, 2.75) is 45.4 Å². The lowest BCUT2D eigenvalue weighted by molar-refractivity contribution is -0.136. The zero-order valence-corrected chi connectivity index (χ0v) is 11.6. The van der Waals surface area contributed by atoms with Gasteiger partial charge in [0.25, 0.3) is 0 Å². The Balaban J connectivity index is 2.92. The van der Waals surface area contributed by atoms with Crippen LogP contribution in [0.25, 0.3) is 0 Å². The minimum absolute atomic E-state index is 0.186. The van der Waals surface area contributed by atoms with E-state index in [-0.39, 0.29) is 6.42 Å². The van der Waals surface area contributed by atoms with Crippen molar-refractivity contribution in [2.75, 3.05) is 32.8 Å². The third-order valence-corrected chi connectivity index (χ3v) is 2.68. The maximum Gasteiger partial charge on any atom is 0.304 e. The molecule has 0 aromatic heterocycles. The SMILES string of the molecule is CCCCNCCCCCNCNCCC(=O)O. The molecule has 5 heteroatoms. The quantitative estimate of drug-likeness (QED) is 0.278. The van der Waals surface area contributed by atoms with E-state index in [1.54, 1.807) is 0 Å². The summed E-state index contributed by atoms with van der Waals surface area (Å²) in [6, 6.07) is 0. The summed E-state index contributed by atoms with van der Waals surface area (Å²) >= 11 is 0. The fraction of sp³-hybridized carbons (Fsp3) is 0.923. The lowest BCUT2D eigenvalue weighted by atomic mass is 10.2. The molecule has 0 spiro atoms. The second-order valence-electron chi connectivity index (χ2n) is 4.48. The molecule has 0 radical (unpaired) electrons. The zero-order chi connectivity index (χ0) is 13.5. The second kappa shape index (κ2) is 14.4. The molecule has 0 aliphatic heterocycles. The first-order valence-corrected chi connectivity index (χ1v) is 7.11. The third-order valence-electron chi connectivity index (χ3n) is 2.68. The van der Waals surface area contributed by atoms with Gasteiger partial charge in [-0.25, -0.2) is 0 Å². The fourth-order valence-corrected chi connectivity index (χ4v) is 1.56. The molecule has 0 atom stereocenters. The van der Waals surface area contributed by atoms with Crippen molar-refractivity contribution in [1.29, 1.82) is 0 Å². The third kappa shape index (κ3) is 15.4. The lowest BCUT2D eigenvalue weighted by Gasteiger charge is -2.06. The Labute approximate surface area is 111 Å². The average Bonchev–Trinajstić information content (AvgIpc) is 2.34. The Morgan fingerprint density at radius 1 is 0.889 bits per heavy atom. The number of hydrogen-bond acceptors (Lipinski definition) is 4. The minimum atomic E-state index is -0.752. The molecule has 0 amide bonds. The molecule has 18 heavy (non-hydrogen) atoms. The number of carboxylic acid groups (broad SMARTS) is 1. The molecule has 0 aromatic rings. The first-order valence-electron chi connectivity index (χ1n) is 7.11. The monoisotopic (exact) mass is 259 g/mol. The molecular weight excluding hydrogens is 230 g/mol. The highest BCUT2D eigenvalue weighted by Crippen LogP contribution is 1.92. The van der Waals surface area contributed by atoms with Crippen LogP contribution in [-0.4, -0.2) is 43.9 Å². The Kier molecular flexibility index (Phi) is 13.9. The van der Waals surface area contributed by atoms with E-state index < -0.39 is 5.97 Å². The average molecular weight is 259 g/mol. The van der Waals surface area contributed by atoms with Gasteiger partial charge in [0, 0.05) is 13.2 Å². The topological polar surface area (TPSA) is 73.4 Å². The summed E-state index contributed by atoms with van der Waals surface area (Å²) in [5, 5.41) is 18.1. The van der Waals surface area contributed by atoms with Crippen LogP contribution in [0.3, 0.4) is 0 Å². The maximum atomic E-state index is 10.2. The van der Waals surface area contributed by atoms with Crippen molar-refractivity contribution < 1.29 is 9.90 Å². The van der Waals surface area contributed by atoms with Gasteiger partial charge < -0.3 is 21.1 Å². The smallest absolute Gasteiger partial charge is 0.304 e.